The normalized spacial score (nSPS) is 11.6. The van der Waals surface area contributed by atoms with E-state index in [9.17, 15) is 8.78 Å². The lowest BCUT2D eigenvalue weighted by molar-refractivity contribution is 0.354. The molecular formula is C18H20F2N2O2S. The van der Waals surface area contributed by atoms with Crippen LogP contribution in [0.4, 0.5) is 14.5 Å². The predicted molar refractivity (Wildman–Crippen MR) is 98.3 cm³/mol. The Morgan fingerprint density at radius 1 is 1.08 bits per heavy atom. The van der Waals surface area contributed by atoms with Crippen LogP contribution in [0.2, 0.25) is 0 Å². The molecule has 0 radical (unpaired) electrons. The summed E-state index contributed by atoms with van der Waals surface area (Å²) < 4.78 is 37.2. The van der Waals surface area contributed by atoms with Gasteiger partial charge in [-0.05, 0) is 48.5 Å². The summed E-state index contributed by atoms with van der Waals surface area (Å²) in [4.78, 5) is 0. The van der Waals surface area contributed by atoms with Gasteiger partial charge in [-0.1, -0.05) is 13.0 Å². The van der Waals surface area contributed by atoms with E-state index < -0.39 is 11.6 Å². The number of halogens is 2. The molecule has 0 aliphatic carbocycles. The maximum absolute atomic E-state index is 13.7. The van der Waals surface area contributed by atoms with Gasteiger partial charge in [0.2, 0.25) is 0 Å². The van der Waals surface area contributed by atoms with E-state index in [4.69, 9.17) is 21.7 Å². The Hall–Kier alpha value is -2.41. The van der Waals surface area contributed by atoms with Crippen molar-refractivity contribution in [2.45, 2.75) is 19.4 Å². The SMILES string of the molecule is CCC(NC(=S)Nc1ccc(F)cc1F)c1ccc(OC)c(OC)c1. The van der Waals surface area contributed by atoms with Gasteiger partial charge in [-0.2, -0.15) is 0 Å². The number of ether oxygens (including phenoxy) is 2. The van der Waals surface area contributed by atoms with Crippen LogP contribution in [0.1, 0.15) is 24.9 Å². The maximum atomic E-state index is 13.7. The van der Waals surface area contributed by atoms with Gasteiger partial charge in [0.15, 0.2) is 16.6 Å². The Kier molecular flexibility index (Phi) is 6.52. The van der Waals surface area contributed by atoms with Gasteiger partial charge in [-0.15, -0.1) is 0 Å². The molecule has 1 atom stereocenters. The van der Waals surface area contributed by atoms with Crippen molar-refractivity contribution in [3.63, 3.8) is 0 Å². The standard InChI is InChI=1S/C18H20F2N2O2S/c1-4-14(11-5-8-16(23-2)17(9-11)24-3)21-18(25)22-15-7-6-12(19)10-13(15)20/h5-10,14H,4H2,1-3H3,(H2,21,22,25). The first-order chi connectivity index (χ1) is 12.0. The van der Waals surface area contributed by atoms with Crippen molar-refractivity contribution in [2.75, 3.05) is 19.5 Å². The maximum Gasteiger partial charge on any atom is 0.171 e. The smallest absolute Gasteiger partial charge is 0.171 e. The largest absolute Gasteiger partial charge is 0.493 e. The third-order valence-corrected chi connectivity index (χ3v) is 3.92. The second-order valence-electron chi connectivity index (χ2n) is 5.30. The van der Waals surface area contributed by atoms with Crippen LogP contribution in [0.5, 0.6) is 11.5 Å². The topological polar surface area (TPSA) is 42.5 Å². The summed E-state index contributed by atoms with van der Waals surface area (Å²) in [5.74, 6) is -0.0964. The Morgan fingerprint density at radius 2 is 1.80 bits per heavy atom. The summed E-state index contributed by atoms with van der Waals surface area (Å²) in [5.41, 5.74) is 1.06. The van der Waals surface area contributed by atoms with Crippen molar-refractivity contribution in [3.05, 3.63) is 53.6 Å². The second-order valence-corrected chi connectivity index (χ2v) is 5.71. The lowest BCUT2D eigenvalue weighted by Crippen LogP contribution is -2.32. The molecule has 2 aromatic carbocycles. The van der Waals surface area contributed by atoms with Gasteiger partial charge in [0.05, 0.1) is 25.9 Å². The molecule has 0 spiro atoms. The summed E-state index contributed by atoms with van der Waals surface area (Å²) in [7, 11) is 3.14. The van der Waals surface area contributed by atoms with Crippen molar-refractivity contribution < 1.29 is 18.3 Å². The zero-order chi connectivity index (χ0) is 18.4. The number of hydrogen-bond donors (Lipinski definition) is 2. The molecule has 25 heavy (non-hydrogen) atoms. The van der Waals surface area contributed by atoms with Crippen LogP contribution in [-0.2, 0) is 0 Å². The number of rotatable bonds is 6. The molecular weight excluding hydrogens is 346 g/mol. The molecule has 0 fully saturated rings. The van der Waals surface area contributed by atoms with Crippen molar-refractivity contribution in [1.29, 1.82) is 0 Å². The number of methoxy groups -OCH3 is 2. The number of hydrogen-bond acceptors (Lipinski definition) is 3. The zero-order valence-corrected chi connectivity index (χ0v) is 15.0. The Bertz CT molecular complexity index is 756. The second kappa shape index (κ2) is 8.62. The Labute approximate surface area is 151 Å². The predicted octanol–water partition coefficient (Wildman–Crippen LogP) is 4.42. The van der Waals surface area contributed by atoms with Gasteiger partial charge in [0.25, 0.3) is 0 Å². The van der Waals surface area contributed by atoms with Crippen LogP contribution in [-0.4, -0.2) is 19.3 Å². The van der Waals surface area contributed by atoms with Crippen molar-refractivity contribution in [2.24, 2.45) is 0 Å². The summed E-state index contributed by atoms with van der Waals surface area (Å²) in [6.45, 7) is 2.00. The van der Waals surface area contributed by atoms with Crippen LogP contribution in [0.25, 0.3) is 0 Å². The molecule has 2 rings (SSSR count). The first-order valence-corrected chi connectivity index (χ1v) is 8.13. The molecule has 0 aliphatic heterocycles. The highest BCUT2D eigenvalue weighted by molar-refractivity contribution is 7.80. The molecule has 0 saturated heterocycles. The van der Waals surface area contributed by atoms with E-state index in [1.54, 1.807) is 14.2 Å². The summed E-state index contributed by atoms with van der Waals surface area (Å²) in [6.07, 6.45) is 0.739. The van der Waals surface area contributed by atoms with Crippen LogP contribution < -0.4 is 20.1 Å². The summed E-state index contributed by atoms with van der Waals surface area (Å²) in [5, 5.41) is 6.11. The third-order valence-electron chi connectivity index (χ3n) is 3.70. The highest BCUT2D eigenvalue weighted by atomic mass is 32.1. The molecule has 0 aromatic heterocycles. The molecule has 0 bridgehead atoms. The van der Waals surface area contributed by atoms with E-state index in [1.165, 1.54) is 12.1 Å². The fraction of sp³-hybridized carbons (Fsp3) is 0.278. The highest BCUT2D eigenvalue weighted by Gasteiger charge is 2.15. The monoisotopic (exact) mass is 366 g/mol. The van der Waals surface area contributed by atoms with Crippen molar-refractivity contribution >= 4 is 23.0 Å². The van der Waals surface area contributed by atoms with Crippen molar-refractivity contribution in [3.8, 4) is 11.5 Å². The van der Waals surface area contributed by atoms with Gasteiger partial charge in [-0.25, -0.2) is 8.78 Å². The third kappa shape index (κ3) is 4.79. The number of anilines is 1. The van der Waals surface area contributed by atoms with Gasteiger partial charge in [0.1, 0.15) is 11.6 Å². The molecule has 0 heterocycles. The quantitative estimate of drug-likeness (QED) is 0.741. The van der Waals surface area contributed by atoms with Gasteiger partial charge >= 0.3 is 0 Å². The van der Waals surface area contributed by atoms with Crippen LogP contribution in [0, 0.1) is 11.6 Å². The van der Waals surface area contributed by atoms with Crippen molar-refractivity contribution in [1.82, 2.24) is 5.32 Å². The molecule has 0 amide bonds. The molecule has 1 unspecified atom stereocenters. The van der Waals surface area contributed by atoms with Crippen LogP contribution in [0.15, 0.2) is 36.4 Å². The van der Waals surface area contributed by atoms with E-state index in [2.05, 4.69) is 10.6 Å². The van der Waals surface area contributed by atoms with Crippen LogP contribution >= 0.6 is 12.2 Å². The Balaban J connectivity index is 2.12. The van der Waals surface area contributed by atoms with E-state index >= 15 is 0 Å². The van der Waals surface area contributed by atoms with Gasteiger partial charge < -0.3 is 20.1 Å². The fourth-order valence-electron chi connectivity index (χ4n) is 2.40. The summed E-state index contributed by atoms with van der Waals surface area (Å²) >= 11 is 5.24. The Morgan fingerprint density at radius 3 is 2.40 bits per heavy atom. The zero-order valence-electron chi connectivity index (χ0n) is 14.2. The average molecular weight is 366 g/mol. The lowest BCUT2D eigenvalue weighted by Gasteiger charge is -2.21. The minimum Gasteiger partial charge on any atom is -0.493 e. The van der Waals surface area contributed by atoms with Gasteiger partial charge in [0, 0.05) is 6.07 Å². The van der Waals surface area contributed by atoms with Crippen LogP contribution in [0.3, 0.4) is 0 Å². The minimum absolute atomic E-state index is 0.108. The van der Waals surface area contributed by atoms with E-state index in [1.807, 2.05) is 25.1 Å². The minimum atomic E-state index is -0.705. The molecule has 0 saturated carbocycles. The number of thiocarbonyl (C=S) groups is 1. The molecule has 7 heteroatoms. The molecule has 0 aliphatic rings. The van der Waals surface area contributed by atoms with E-state index in [0.29, 0.717) is 11.5 Å². The molecule has 2 aromatic rings. The number of benzene rings is 2. The first kappa shape index (κ1) is 18.9. The average Bonchev–Trinajstić information content (AvgIpc) is 2.61. The molecule has 2 N–H and O–H groups in total. The highest BCUT2D eigenvalue weighted by Crippen LogP contribution is 2.31. The number of nitrogens with one attached hydrogen (secondary N) is 2. The molecule has 134 valence electrons. The first-order valence-electron chi connectivity index (χ1n) is 7.73. The summed E-state index contributed by atoms with van der Waals surface area (Å²) in [6, 6.07) is 8.74. The molecule has 4 nitrogen and oxygen atoms in total. The van der Waals surface area contributed by atoms with E-state index in [0.717, 1.165) is 18.1 Å². The fourth-order valence-corrected chi connectivity index (χ4v) is 2.65. The lowest BCUT2D eigenvalue weighted by atomic mass is 10.0. The van der Waals surface area contributed by atoms with E-state index in [-0.39, 0.29) is 16.8 Å². The van der Waals surface area contributed by atoms with Gasteiger partial charge in [-0.3, -0.25) is 0 Å².